The van der Waals surface area contributed by atoms with Gasteiger partial charge in [0.2, 0.25) is 0 Å². The molecule has 0 aliphatic heterocycles. The molecule has 0 spiro atoms. The topological polar surface area (TPSA) is 70.3 Å². The minimum Gasteiger partial charge on any atom is -0.491 e. The average Bonchev–Trinajstić information content (AvgIpc) is 2.51. The molecule has 3 aromatic rings. The Balaban J connectivity index is 2.09. The second-order valence-corrected chi connectivity index (χ2v) is 4.17. The fourth-order valence-electron chi connectivity index (χ4n) is 1.96. The van der Waals surface area contributed by atoms with Crippen LogP contribution in [-0.2, 0) is 0 Å². The molecule has 0 fully saturated rings. The maximum Gasteiger partial charge on any atom is 0.262 e. The van der Waals surface area contributed by atoms with E-state index in [4.69, 9.17) is 15.2 Å². The highest BCUT2D eigenvalue weighted by Crippen LogP contribution is 2.34. The van der Waals surface area contributed by atoms with Crippen LogP contribution in [0, 0.1) is 0 Å². The van der Waals surface area contributed by atoms with Gasteiger partial charge in [0.1, 0.15) is 5.52 Å². The number of ether oxygens (including phenoxy) is 2. The van der Waals surface area contributed by atoms with Crippen LogP contribution in [0.1, 0.15) is 0 Å². The highest BCUT2D eigenvalue weighted by atomic mass is 16.5. The van der Waals surface area contributed by atoms with Crippen LogP contribution >= 0.6 is 0 Å². The number of rotatable bonds is 3. The SMILES string of the molecule is COc1cccnc1Oc1ccc(N)c2cccnc12. The van der Waals surface area contributed by atoms with E-state index in [2.05, 4.69) is 9.97 Å². The van der Waals surface area contributed by atoms with Crippen molar-refractivity contribution in [3.8, 4) is 17.4 Å². The molecule has 0 unspecified atom stereocenters. The van der Waals surface area contributed by atoms with Crippen LogP contribution in [0.2, 0.25) is 0 Å². The Morgan fingerprint density at radius 2 is 1.75 bits per heavy atom. The van der Waals surface area contributed by atoms with Gasteiger partial charge in [-0.3, -0.25) is 4.98 Å². The summed E-state index contributed by atoms with van der Waals surface area (Å²) in [5.74, 6) is 1.55. The molecule has 5 heteroatoms. The summed E-state index contributed by atoms with van der Waals surface area (Å²) in [5, 5.41) is 0.847. The summed E-state index contributed by atoms with van der Waals surface area (Å²) in [6.07, 6.45) is 3.34. The molecule has 5 nitrogen and oxygen atoms in total. The molecule has 20 heavy (non-hydrogen) atoms. The molecule has 0 radical (unpaired) electrons. The first-order valence-electron chi connectivity index (χ1n) is 6.09. The monoisotopic (exact) mass is 267 g/mol. The first-order valence-corrected chi connectivity index (χ1v) is 6.09. The summed E-state index contributed by atoms with van der Waals surface area (Å²) in [4.78, 5) is 8.49. The quantitative estimate of drug-likeness (QED) is 0.739. The van der Waals surface area contributed by atoms with Crippen LogP contribution in [0.25, 0.3) is 10.9 Å². The lowest BCUT2D eigenvalue weighted by Crippen LogP contribution is -1.95. The third-order valence-electron chi connectivity index (χ3n) is 2.93. The van der Waals surface area contributed by atoms with Crippen molar-refractivity contribution in [1.29, 1.82) is 0 Å². The molecule has 0 saturated heterocycles. The van der Waals surface area contributed by atoms with Crippen LogP contribution < -0.4 is 15.2 Å². The number of hydrogen-bond acceptors (Lipinski definition) is 5. The predicted molar refractivity (Wildman–Crippen MR) is 77.0 cm³/mol. The van der Waals surface area contributed by atoms with Crippen molar-refractivity contribution in [2.45, 2.75) is 0 Å². The van der Waals surface area contributed by atoms with E-state index in [1.807, 2.05) is 12.1 Å². The highest BCUT2D eigenvalue weighted by molar-refractivity contribution is 5.94. The molecular weight excluding hydrogens is 254 g/mol. The van der Waals surface area contributed by atoms with Crippen molar-refractivity contribution < 1.29 is 9.47 Å². The zero-order valence-electron chi connectivity index (χ0n) is 10.9. The fraction of sp³-hybridized carbons (Fsp3) is 0.0667. The molecule has 3 rings (SSSR count). The highest BCUT2D eigenvalue weighted by Gasteiger charge is 2.11. The van der Waals surface area contributed by atoms with Crippen molar-refractivity contribution in [3.05, 3.63) is 48.8 Å². The minimum absolute atomic E-state index is 0.395. The van der Waals surface area contributed by atoms with Gasteiger partial charge < -0.3 is 15.2 Å². The summed E-state index contributed by atoms with van der Waals surface area (Å²) in [5.41, 5.74) is 7.29. The van der Waals surface area contributed by atoms with Gasteiger partial charge >= 0.3 is 0 Å². The lowest BCUT2D eigenvalue weighted by atomic mass is 10.2. The van der Waals surface area contributed by atoms with Crippen LogP contribution in [0.15, 0.2) is 48.8 Å². The van der Waals surface area contributed by atoms with Gasteiger partial charge in [-0.1, -0.05) is 0 Å². The largest absolute Gasteiger partial charge is 0.491 e. The summed E-state index contributed by atoms with van der Waals surface area (Å²) in [6.45, 7) is 0. The molecule has 100 valence electrons. The number of hydrogen-bond donors (Lipinski definition) is 1. The molecule has 2 N–H and O–H groups in total. The third-order valence-corrected chi connectivity index (χ3v) is 2.93. The standard InChI is InChI=1S/C15H13N3O2/c1-19-13-5-3-9-18-15(13)20-12-7-6-11(16)10-4-2-8-17-14(10)12/h2-9H,16H2,1H3. The number of nitrogens with two attached hydrogens (primary N) is 1. The zero-order valence-corrected chi connectivity index (χ0v) is 10.9. The molecule has 0 aliphatic rings. The number of nitrogens with zero attached hydrogens (tertiary/aromatic N) is 2. The lowest BCUT2D eigenvalue weighted by Gasteiger charge is -2.11. The van der Waals surface area contributed by atoms with Gasteiger partial charge in [-0.2, -0.15) is 0 Å². The molecule has 0 aliphatic carbocycles. The lowest BCUT2D eigenvalue weighted by molar-refractivity contribution is 0.371. The molecule has 0 atom stereocenters. The van der Waals surface area contributed by atoms with Crippen LogP contribution in [0.3, 0.4) is 0 Å². The molecule has 0 saturated carbocycles. The van der Waals surface area contributed by atoms with Crippen molar-refractivity contribution in [2.75, 3.05) is 12.8 Å². The molecule has 2 heterocycles. The Hall–Kier alpha value is -2.82. The first-order chi connectivity index (χ1) is 9.79. The van der Waals surface area contributed by atoms with Crippen LogP contribution in [-0.4, -0.2) is 17.1 Å². The average molecular weight is 267 g/mol. The first kappa shape index (κ1) is 12.2. The van der Waals surface area contributed by atoms with Gasteiger partial charge in [-0.15, -0.1) is 0 Å². The van der Waals surface area contributed by atoms with Gasteiger partial charge in [0.25, 0.3) is 5.88 Å². The van der Waals surface area contributed by atoms with E-state index in [9.17, 15) is 0 Å². The third kappa shape index (κ3) is 2.09. The van der Waals surface area contributed by atoms with Gasteiger partial charge in [0.15, 0.2) is 11.5 Å². The number of anilines is 1. The van der Waals surface area contributed by atoms with E-state index in [1.54, 1.807) is 43.8 Å². The Kier molecular flexibility index (Phi) is 3.09. The van der Waals surface area contributed by atoms with E-state index >= 15 is 0 Å². The Bertz CT molecular complexity index is 759. The van der Waals surface area contributed by atoms with Gasteiger partial charge in [-0.25, -0.2) is 4.98 Å². The van der Waals surface area contributed by atoms with E-state index in [0.717, 1.165) is 5.39 Å². The fourth-order valence-corrected chi connectivity index (χ4v) is 1.96. The Morgan fingerprint density at radius 1 is 0.950 bits per heavy atom. The summed E-state index contributed by atoms with van der Waals surface area (Å²) in [7, 11) is 1.57. The van der Waals surface area contributed by atoms with Gasteiger partial charge in [-0.05, 0) is 36.4 Å². The summed E-state index contributed by atoms with van der Waals surface area (Å²) >= 11 is 0. The molecular formula is C15H13N3O2. The van der Waals surface area contributed by atoms with Crippen LogP contribution in [0.4, 0.5) is 5.69 Å². The number of aromatic nitrogens is 2. The maximum absolute atomic E-state index is 5.94. The second-order valence-electron chi connectivity index (χ2n) is 4.17. The maximum atomic E-state index is 5.94. The van der Waals surface area contributed by atoms with Crippen molar-refractivity contribution in [2.24, 2.45) is 0 Å². The van der Waals surface area contributed by atoms with E-state index in [1.165, 1.54) is 0 Å². The molecule has 2 aromatic heterocycles. The number of fused-ring (bicyclic) bond motifs is 1. The molecule has 1 aromatic carbocycles. The van der Waals surface area contributed by atoms with Crippen molar-refractivity contribution >= 4 is 16.6 Å². The minimum atomic E-state index is 0.395. The normalized spacial score (nSPS) is 10.4. The predicted octanol–water partition coefficient (Wildman–Crippen LogP) is 3.01. The molecule has 0 amide bonds. The van der Waals surface area contributed by atoms with Crippen LogP contribution in [0.5, 0.6) is 17.4 Å². The smallest absolute Gasteiger partial charge is 0.262 e. The number of pyridine rings is 2. The van der Waals surface area contributed by atoms with E-state index in [-0.39, 0.29) is 0 Å². The molecule has 0 bridgehead atoms. The zero-order chi connectivity index (χ0) is 13.9. The number of benzene rings is 1. The number of methoxy groups -OCH3 is 1. The summed E-state index contributed by atoms with van der Waals surface area (Å²) in [6, 6.07) is 10.9. The summed E-state index contributed by atoms with van der Waals surface area (Å²) < 4.78 is 11.0. The Labute approximate surface area is 116 Å². The van der Waals surface area contributed by atoms with E-state index in [0.29, 0.717) is 28.6 Å². The van der Waals surface area contributed by atoms with Crippen molar-refractivity contribution in [1.82, 2.24) is 9.97 Å². The second kappa shape index (κ2) is 5.05. The van der Waals surface area contributed by atoms with Gasteiger partial charge in [0, 0.05) is 23.5 Å². The Morgan fingerprint density at radius 3 is 2.60 bits per heavy atom. The van der Waals surface area contributed by atoms with E-state index < -0.39 is 0 Å². The van der Waals surface area contributed by atoms with Gasteiger partial charge in [0.05, 0.1) is 7.11 Å². The number of nitrogen functional groups attached to an aromatic ring is 1. The van der Waals surface area contributed by atoms with Crippen molar-refractivity contribution in [3.63, 3.8) is 0 Å².